The van der Waals surface area contributed by atoms with Crippen LogP contribution in [0, 0.1) is 13.8 Å². The standard InChI is InChI=1S/C31H28S/c1-5-11-24-21(3)22(4)25(27-13-7-6-12-26(24)27)19-18-20(2)23-15-10-16-29-28-14-8-9-17-30(28)32-31(23)29/h5-20H,1-4H3/b11-5-,19-18-. The summed E-state index contributed by atoms with van der Waals surface area (Å²) in [6.07, 6.45) is 9.10. The second-order valence-corrected chi connectivity index (χ2v) is 9.65. The van der Waals surface area contributed by atoms with E-state index in [2.05, 4.69) is 119 Å². The van der Waals surface area contributed by atoms with Crippen LogP contribution in [0.15, 0.2) is 78.9 Å². The molecule has 4 aromatic carbocycles. The molecule has 0 saturated carbocycles. The van der Waals surface area contributed by atoms with Gasteiger partial charge in [0.2, 0.25) is 0 Å². The molecule has 0 N–H and O–H groups in total. The van der Waals surface area contributed by atoms with Gasteiger partial charge in [0.1, 0.15) is 0 Å². The zero-order valence-corrected chi connectivity index (χ0v) is 20.0. The Morgan fingerprint density at radius 2 is 1.28 bits per heavy atom. The van der Waals surface area contributed by atoms with Crippen LogP contribution >= 0.6 is 11.3 Å². The lowest BCUT2D eigenvalue weighted by molar-refractivity contribution is 0.988. The Hall–Kier alpha value is -3.16. The molecule has 0 spiro atoms. The molecule has 0 bridgehead atoms. The van der Waals surface area contributed by atoms with Crippen molar-refractivity contribution in [3.05, 3.63) is 107 Å². The van der Waals surface area contributed by atoms with E-state index in [-0.39, 0.29) is 0 Å². The van der Waals surface area contributed by atoms with Crippen molar-refractivity contribution in [2.45, 2.75) is 33.6 Å². The molecule has 1 unspecified atom stereocenters. The SMILES string of the molecule is C/C=C\c1c(C)c(C)c(/C=C\C(C)c2cccc3c2sc2ccccc23)c2ccccc12. The molecular formula is C31H28S. The zero-order valence-electron chi connectivity index (χ0n) is 19.1. The summed E-state index contributed by atoms with van der Waals surface area (Å²) >= 11 is 1.91. The average molecular weight is 433 g/mol. The van der Waals surface area contributed by atoms with E-state index >= 15 is 0 Å². The number of allylic oxidation sites excluding steroid dienone is 2. The second-order valence-electron chi connectivity index (χ2n) is 8.59. The van der Waals surface area contributed by atoms with Gasteiger partial charge in [0.15, 0.2) is 0 Å². The maximum absolute atomic E-state index is 2.38. The van der Waals surface area contributed by atoms with E-state index in [1.54, 1.807) is 0 Å². The Morgan fingerprint density at radius 1 is 0.688 bits per heavy atom. The van der Waals surface area contributed by atoms with Crippen molar-refractivity contribution < 1.29 is 0 Å². The van der Waals surface area contributed by atoms with Crippen LogP contribution in [0.1, 0.15) is 47.6 Å². The molecule has 1 heteroatoms. The van der Waals surface area contributed by atoms with Gasteiger partial charge < -0.3 is 0 Å². The average Bonchev–Trinajstić information content (AvgIpc) is 3.20. The fourth-order valence-corrected chi connectivity index (χ4v) is 6.14. The van der Waals surface area contributed by atoms with Gasteiger partial charge in [-0.25, -0.2) is 0 Å². The predicted molar refractivity (Wildman–Crippen MR) is 145 cm³/mol. The largest absolute Gasteiger partial charge is 0.135 e. The van der Waals surface area contributed by atoms with E-state index in [0.29, 0.717) is 5.92 Å². The minimum atomic E-state index is 0.334. The molecule has 0 amide bonds. The van der Waals surface area contributed by atoms with Gasteiger partial charge in [-0.1, -0.05) is 91.9 Å². The molecule has 5 aromatic rings. The zero-order chi connectivity index (χ0) is 22.2. The molecule has 0 fully saturated rings. The molecule has 0 aliphatic heterocycles. The molecule has 5 rings (SSSR count). The van der Waals surface area contributed by atoms with Gasteiger partial charge in [0.25, 0.3) is 0 Å². The third-order valence-corrected chi connectivity index (χ3v) is 7.92. The van der Waals surface area contributed by atoms with Crippen LogP contribution in [-0.2, 0) is 0 Å². The quantitative estimate of drug-likeness (QED) is 0.265. The first-order chi connectivity index (χ1) is 15.6. The fourth-order valence-electron chi connectivity index (χ4n) is 4.83. The van der Waals surface area contributed by atoms with Gasteiger partial charge in [-0.3, -0.25) is 0 Å². The normalized spacial score (nSPS) is 13.2. The summed E-state index contributed by atoms with van der Waals surface area (Å²) in [5, 5.41) is 5.39. The van der Waals surface area contributed by atoms with Gasteiger partial charge in [-0.2, -0.15) is 0 Å². The molecule has 0 radical (unpaired) electrons. The van der Waals surface area contributed by atoms with Crippen LogP contribution in [0.4, 0.5) is 0 Å². The van der Waals surface area contributed by atoms with E-state index in [9.17, 15) is 0 Å². The van der Waals surface area contributed by atoms with E-state index in [0.717, 1.165) is 0 Å². The molecular weight excluding hydrogens is 404 g/mol. The first-order valence-electron chi connectivity index (χ1n) is 11.3. The molecule has 0 saturated heterocycles. The third-order valence-electron chi connectivity index (χ3n) is 6.69. The first kappa shape index (κ1) is 20.7. The Labute approximate surface area is 194 Å². The van der Waals surface area contributed by atoms with Crippen molar-refractivity contribution in [2.24, 2.45) is 0 Å². The number of benzene rings is 4. The summed E-state index contributed by atoms with van der Waals surface area (Å²) in [5.41, 5.74) is 6.80. The van der Waals surface area contributed by atoms with Gasteiger partial charge >= 0.3 is 0 Å². The van der Waals surface area contributed by atoms with Gasteiger partial charge in [-0.15, -0.1) is 11.3 Å². The third kappa shape index (κ3) is 3.38. The Morgan fingerprint density at radius 3 is 1.97 bits per heavy atom. The van der Waals surface area contributed by atoms with Crippen LogP contribution in [0.25, 0.3) is 43.1 Å². The fraction of sp³-hybridized carbons (Fsp3) is 0.161. The molecule has 0 aliphatic carbocycles. The molecule has 158 valence electrons. The van der Waals surface area contributed by atoms with Crippen LogP contribution in [0.3, 0.4) is 0 Å². The lowest BCUT2D eigenvalue weighted by Gasteiger charge is -2.16. The van der Waals surface area contributed by atoms with E-state index in [4.69, 9.17) is 0 Å². The van der Waals surface area contributed by atoms with Crippen LogP contribution in [-0.4, -0.2) is 0 Å². The monoisotopic (exact) mass is 432 g/mol. The van der Waals surface area contributed by atoms with E-state index in [1.165, 1.54) is 58.8 Å². The minimum Gasteiger partial charge on any atom is -0.135 e. The van der Waals surface area contributed by atoms with Crippen molar-refractivity contribution in [1.29, 1.82) is 0 Å². The Balaban J connectivity index is 1.62. The summed E-state index contributed by atoms with van der Waals surface area (Å²) in [5.74, 6) is 0.334. The molecule has 0 aliphatic rings. The molecule has 0 nitrogen and oxygen atoms in total. The van der Waals surface area contributed by atoms with Crippen LogP contribution in [0.2, 0.25) is 0 Å². The molecule has 1 heterocycles. The lowest BCUT2D eigenvalue weighted by Crippen LogP contribution is -1.95. The van der Waals surface area contributed by atoms with Gasteiger partial charge in [0.05, 0.1) is 0 Å². The molecule has 32 heavy (non-hydrogen) atoms. The van der Waals surface area contributed by atoms with Crippen molar-refractivity contribution in [1.82, 2.24) is 0 Å². The molecule has 1 aromatic heterocycles. The Bertz CT molecular complexity index is 1510. The molecule has 1 atom stereocenters. The van der Waals surface area contributed by atoms with Gasteiger partial charge in [0, 0.05) is 26.1 Å². The number of fused-ring (bicyclic) bond motifs is 4. The van der Waals surface area contributed by atoms with Gasteiger partial charge in [-0.05, 0) is 65.4 Å². The smallest absolute Gasteiger partial charge is 0.0393 e. The van der Waals surface area contributed by atoms with Crippen LogP contribution < -0.4 is 0 Å². The lowest BCUT2D eigenvalue weighted by atomic mass is 9.89. The highest BCUT2D eigenvalue weighted by Gasteiger charge is 2.14. The highest BCUT2D eigenvalue weighted by molar-refractivity contribution is 7.26. The minimum absolute atomic E-state index is 0.334. The van der Waals surface area contributed by atoms with Crippen molar-refractivity contribution in [3.8, 4) is 0 Å². The maximum atomic E-state index is 2.38. The summed E-state index contributed by atoms with van der Waals surface area (Å²) in [6, 6.07) is 24.3. The van der Waals surface area contributed by atoms with Crippen molar-refractivity contribution >= 4 is 54.4 Å². The first-order valence-corrected chi connectivity index (χ1v) is 12.1. The van der Waals surface area contributed by atoms with E-state index < -0.39 is 0 Å². The summed E-state index contributed by atoms with van der Waals surface area (Å²) in [6.45, 7) is 8.91. The number of hydrogen-bond acceptors (Lipinski definition) is 1. The number of hydrogen-bond donors (Lipinski definition) is 0. The number of rotatable bonds is 4. The van der Waals surface area contributed by atoms with Crippen molar-refractivity contribution in [2.75, 3.05) is 0 Å². The summed E-state index contributed by atoms with van der Waals surface area (Å²) < 4.78 is 2.77. The van der Waals surface area contributed by atoms with Crippen molar-refractivity contribution in [3.63, 3.8) is 0 Å². The summed E-state index contributed by atoms with van der Waals surface area (Å²) in [7, 11) is 0. The Kier molecular flexibility index (Phi) is 5.45. The van der Waals surface area contributed by atoms with Crippen LogP contribution in [0.5, 0.6) is 0 Å². The second kappa shape index (κ2) is 8.41. The maximum Gasteiger partial charge on any atom is 0.0393 e. The highest BCUT2D eigenvalue weighted by atomic mass is 32.1. The topological polar surface area (TPSA) is 0 Å². The summed E-state index contributed by atoms with van der Waals surface area (Å²) in [4.78, 5) is 0. The predicted octanol–water partition coefficient (Wildman–Crippen LogP) is 9.67. The van der Waals surface area contributed by atoms with E-state index in [1.807, 2.05) is 11.3 Å². The highest BCUT2D eigenvalue weighted by Crippen LogP contribution is 2.39. The number of thiophene rings is 1.